The summed E-state index contributed by atoms with van der Waals surface area (Å²) in [6.45, 7) is 4.31. The molecule has 1 aromatic heterocycles. The lowest BCUT2D eigenvalue weighted by Crippen LogP contribution is -2.50. The van der Waals surface area contributed by atoms with Crippen molar-refractivity contribution in [3.8, 4) is 0 Å². The Balaban J connectivity index is 1.37. The third-order valence-corrected chi connectivity index (χ3v) is 6.40. The Labute approximate surface area is 193 Å². The summed E-state index contributed by atoms with van der Waals surface area (Å²) in [6.07, 6.45) is 0.661. The molecule has 0 saturated carbocycles. The largest absolute Gasteiger partial charge is 0.366 e. The molecule has 0 spiro atoms. The first-order chi connectivity index (χ1) is 16.1. The zero-order valence-corrected chi connectivity index (χ0v) is 18.7. The SMILES string of the molecule is C[C@@H](C(=O)N1CCN(c2ccccc2F)CC1)n1c(Cc2ccccc2)nc2ccccc21. The van der Waals surface area contributed by atoms with Crippen LogP contribution in [0.1, 0.15) is 24.4 Å². The molecule has 1 atom stereocenters. The van der Waals surface area contributed by atoms with Crippen molar-refractivity contribution < 1.29 is 9.18 Å². The van der Waals surface area contributed by atoms with Crippen molar-refractivity contribution >= 4 is 22.6 Å². The van der Waals surface area contributed by atoms with Crippen molar-refractivity contribution in [2.45, 2.75) is 19.4 Å². The van der Waals surface area contributed by atoms with Crippen molar-refractivity contribution in [2.24, 2.45) is 0 Å². The Morgan fingerprint density at radius 2 is 1.58 bits per heavy atom. The van der Waals surface area contributed by atoms with Crippen molar-refractivity contribution in [1.82, 2.24) is 14.5 Å². The summed E-state index contributed by atoms with van der Waals surface area (Å²) in [7, 11) is 0. The van der Waals surface area contributed by atoms with Gasteiger partial charge in [-0.2, -0.15) is 0 Å². The van der Waals surface area contributed by atoms with Gasteiger partial charge in [0.15, 0.2) is 0 Å². The van der Waals surface area contributed by atoms with E-state index in [0.29, 0.717) is 38.3 Å². The molecule has 3 aromatic carbocycles. The Morgan fingerprint density at radius 3 is 2.33 bits per heavy atom. The van der Waals surface area contributed by atoms with Crippen LogP contribution in [-0.4, -0.2) is 46.5 Å². The van der Waals surface area contributed by atoms with E-state index in [-0.39, 0.29) is 17.8 Å². The van der Waals surface area contributed by atoms with Crippen LogP contribution in [0.2, 0.25) is 0 Å². The van der Waals surface area contributed by atoms with Gasteiger partial charge >= 0.3 is 0 Å². The molecule has 6 heteroatoms. The number of hydrogen-bond acceptors (Lipinski definition) is 3. The van der Waals surface area contributed by atoms with Crippen LogP contribution in [0.3, 0.4) is 0 Å². The molecule has 1 aliphatic rings. The summed E-state index contributed by atoms with van der Waals surface area (Å²) < 4.78 is 16.3. The molecule has 1 aliphatic heterocycles. The number of aromatic nitrogens is 2. The molecular weight excluding hydrogens is 415 g/mol. The topological polar surface area (TPSA) is 41.4 Å². The van der Waals surface area contributed by atoms with Crippen LogP contribution in [-0.2, 0) is 11.2 Å². The smallest absolute Gasteiger partial charge is 0.245 e. The molecule has 4 aromatic rings. The number of benzene rings is 3. The first-order valence-electron chi connectivity index (χ1n) is 11.4. The fraction of sp³-hybridized carbons (Fsp3) is 0.259. The number of amides is 1. The molecule has 1 fully saturated rings. The van der Waals surface area contributed by atoms with Gasteiger partial charge in [-0.05, 0) is 36.8 Å². The Morgan fingerprint density at radius 1 is 0.909 bits per heavy atom. The van der Waals surface area contributed by atoms with E-state index in [1.54, 1.807) is 12.1 Å². The molecule has 0 bridgehead atoms. The number of nitrogens with zero attached hydrogens (tertiary/aromatic N) is 4. The third kappa shape index (κ3) is 4.21. The number of para-hydroxylation sites is 3. The van der Waals surface area contributed by atoms with Gasteiger partial charge < -0.3 is 14.4 Å². The number of imidazole rings is 1. The second-order valence-corrected chi connectivity index (χ2v) is 8.49. The summed E-state index contributed by atoms with van der Waals surface area (Å²) >= 11 is 0. The van der Waals surface area contributed by atoms with Crippen LogP contribution in [0.15, 0.2) is 78.9 Å². The van der Waals surface area contributed by atoms with Gasteiger partial charge in [0.1, 0.15) is 17.7 Å². The summed E-state index contributed by atoms with van der Waals surface area (Å²) in [5, 5.41) is 0. The average Bonchev–Trinajstić information content (AvgIpc) is 3.22. The Kier molecular flexibility index (Phi) is 5.82. The Hall–Kier alpha value is -3.67. The minimum absolute atomic E-state index is 0.0700. The van der Waals surface area contributed by atoms with Gasteiger partial charge in [-0.15, -0.1) is 0 Å². The minimum Gasteiger partial charge on any atom is -0.366 e. The molecule has 0 N–H and O–H groups in total. The first kappa shape index (κ1) is 21.2. The van der Waals surface area contributed by atoms with Gasteiger partial charge in [-0.25, -0.2) is 9.37 Å². The van der Waals surface area contributed by atoms with Crippen LogP contribution in [0, 0.1) is 5.82 Å². The van der Waals surface area contributed by atoms with E-state index in [4.69, 9.17) is 4.98 Å². The monoisotopic (exact) mass is 442 g/mol. The van der Waals surface area contributed by atoms with Gasteiger partial charge in [0, 0.05) is 32.6 Å². The number of carbonyl (C=O) groups excluding carboxylic acids is 1. The third-order valence-electron chi connectivity index (χ3n) is 6.40. The quantitative estimate of drug-likeness (QED) is 0.451. The van der Waals surface area contributed by atoms with Gasteiger partial charge in [0.05, 0.1) is 16.7 Å². The second-order valence-electron chi connectivity index (χ2n) is 8.49. The molecule has 2 heterocycles. The number of fused-ring (bicyclic) bond motifs is 1. The van der Waals surface area contributed by atoms with Crippen LogP contribution in [0.25, 0.3) is 11.0 Å². The van der Waals surface area contributed by atoms with Gasteiger partial charge in [0.2, 0.25) is 5.91 Å². The first-order valence-corrected chi connectivity index (χ1v) is 11.4. The fourth-order valence-corrected chi connectivity index (χ4v) is 4.68. The lowest BCUT2D eigenvalue weighted by Gasteiger charge is -2.37. The van der Waals surface area contributed by atoms with E-state index in [1.165, 1.54) is 6.07 Å². The zero-order valence-electron chi connectivity index (χ0n) is 18.7. The van der Waals surface area contributed by atoms with E-state index < -0.39 is 0 Å². The van der Waals surface area contributed by atoms with E-state index >= 15 is 0 Å². The molecule has 5 rings (SSSR count). The maximum Gasteiger partial charge on any atom is 0.245 e. The highest BCUT2D eigenvalue weighted by atomic mass is 19.1. The van der Waals surface area contributed by atoms with Crippen molar-refractivity contribution in [3.63, 3.8) is 0 Å². The van der Waals surface area contributed by atoms with Crippen molar-refractivity contribution in [3.05, 3.63) is 96.1 Å². The van der Waals surface area contributed by atoms with Crippen LogP contribution in [0.5, 0.6) is 0 Å². The van der Waals surface area contributed by atoms with Crippen LogP contribution >= 0.6 is 0 Å². The standard InChI is InChI=1S/C27H27FN4O/c1-20(27(33)31-17-15-30(16-18-31)24-13-7-5-11-22(24)28)32-25-14-8-6-12-23(25)29-26(32)19-21-9-3-2-4-10-21/h2-14,20H,15-19H2,1H3/t20-/m0/s1. The molecule has 33 heavy (non-hydrogen) atoms. The molecule has 0 aliphatic carbocycles. The van der Waals surface area contributed by atoms with Crippen molar-refractivity contribution in [2.75, 3.05) is 31.1 Å². The molecule has 0 unspecified atom stereocenters. The van der Waals surface area contributed by atoms with E-state index in [0.717, 1.165) is 22.4 Å². The summed E-state index contributed by atoms with van der Waals surface area (Å²) in [5.41, 5.74) is 3.62. The molecule has 5 nitrogen and oxygen atoms in total. The maximum atomic E-state index is 14.2. The highest BCUT2D eigenvalue weighted by molar-refractivity contribution is 5.84. The highest BCUT2D eigenvalue weighted by Gasteiger charge is 2.29. The number of carbonyl (C=O) groups is 1. The number of rotatable bonds is 5. The zero-order chi connectivity index (χ0) is 22.8. The molecule has 1 saturated heterocycles. The molecule has 1 amide bonds. The maximum absolute atomic E-state index is 14.2. The van der Waals surface area contributed by atoms with Gasteiger partial charge in [-0.1, -0.05) is 54.6 Å². The van der Waals surface area contributed by atoms with Crippen LogP contribution < -0.4 is 4.90 Å². The summed E-state index contributed by atoms with van der Waals surface area (Å²) in [6, 6.07) is 24.6. The number of halogens is 1. The molecular formula is C27H27FN4O. The van der Waals surface area contributed by atoms with Gasteiger partial charge in [0.25, 0.3) is 0 Å². The van der Waals surface area contributed by atoms with Crippen LogP contribution in [0.4, 0.5) is 10.1 Å². The lowest BCUT2D eigenvalue weighted by molar-refractivity contribution is -0.134. The Bertz CT molecular complexity index is 1260. The second kappa shape index (κ2) is 9.06. The minimum atomic E-state index is -0.379. The van der Waals surface area contributed by atoms with E-state index in [1.807, 2.05) is 65.3 Å². The molecule has 0 radical (unpaired) electrons. The predicted octanol–water partition coefficient (Wildman–Crippen LogP) is 4.68. The number of anilines is 1. The fourth-order valence-electron chi connectivity index (χ4n) is 4.68. The number of piperazine rings is 1. The summed E-state index contributed by atoms with van der Waals surface area (Å²) in [5.74, 6) is 0.731. The lowest BCUT2D eigenvalue weighted by atomic mass is 10.1. The van der Waals surface area contributed by atoms with Gasteiger partial charge in [-0.3, -0.25) is 4.79 Å². The normalized spacial score (nSPS) is 15.1. The van der Waals surface area contributed by atoms with E-state index in [2.05, 4.69) is 16.7 Å². The van der Waals surface area contributed by atoms with Crippen molar-refractivity contribution in [1.29, 1.82) is 0 Å². The summed E-state index contributed by atoms with van der Waals surface area (Å²) in [4.78, 5) is 22.3. The highest BCUT2D eigenvalue weighted by Crippen LogP contribution is 2.26. The van der Waals surface area contributed by atoms with E-state index in [9.17, 15) is 9.18 Å². The molecule has 168 valence electrons. The predicted molar refractivity (Wildman–Crippen MR) is 129 cm³/mol. The average molecular weight is 443 g/mol. The number of hydrogen-bond donors (Lipinski definition) is 0.